The number of carbonyl (C=O) groups is 3. The minimum Gasteiger partial charge on any atom is -0.444 e. The first-order valence-corrected chi connectivity index (χ1v) is 8.10. The number of likely N-dealkylation sites (tertiary alicyclic amines) is 1. The van der Waals surface area contributed by atoms with Crippen LogP contribution in [0.15, 0.2) is 0 Å². The van der Waals surface area contributed by atoms with E-state index in [1.807, 2.05) is 20.8 Å². The lowest BCUT2D eigenvalue weighted by molar-refractivity contribution is -0.214. The van der Waals surface area contributed by atoms with Gasteiger partial charge in [0.2, 0.25) is 5.91 Å². The van der Waals surface area contributed by atoms with E-state index in [2.05, 4.69) is 5.43 Å². The largest absolute Gasteiger partial charge is 0.444 e. The van der Waals surface area contributed by atoms with Crippen LogP contribution in [0.5, 0.6) is 0 Å². The highest BCUT2D eigenvalue weighted by Gasteiger charge is 2.72. The quantitative estimate of drug-likeness (QED) is 0.456. The Morgan fingerprint density at radius 3 is 2.26 bits per heavy atom. The number of ether oxygens (including phenoxy) is 1. The fraction of sp³-hybridized carbons (Fsp3) is 0.812. The Morgan fingerprint density at radius 2 is 1.78 bits per heavy atom. The molecule has 0 spiro atoms. The summed E-state index contributed by atoms with van der Waals surface area (Å²) in [5.74, 6) is 5.13. The number of ketones is 1. The smallest absolute Gasteiger partial charge is 0.410 e. The van der Waals surface area contributed by atoms with E-state index < -0.39 is 5.60 Å². The van der Waals surface area contributed by atoms with Gasteiger partial charge in [0.15, 0.2) is 0 Å². The summed E-state index contributed by atoms with van der Waals surface area (Å²) in [5.41, 5.74) is 1.39. The number of hydrogen-bond acceptors (Lipinski definition) is 5. The van der Waals surface area contributed by atoms with Gasteiger partial charge in [-0.05, 0) is 45.4 Å². The Bertz CT molecular complexity index is 540. The topological polar surface area (TPSA) is 102 Å². The van der Waals surface area contributed by atoms with Crippen LogP contribution in [0.2, 0.25) is 0 Å². The molecule has 0 atom stereocenters. The number of Topliss-reactive ketones (excluding diaryl/α,β-unsaturated/α-hetero) is 1. The lowest BCUT2D eigenvalue weighted by Crippen LogP contribution is -2.70. The van der Waals surface area contributed by atoms with Crippen molar-refractivity contribution in [2.75, 3.05) is 13.1 Å². The average molecular weight is 323 g/mol. The van der Waals surface area contributed by atoms with Crippen molar-refractivity contribution in [2.24, 2.45) is 22.6 Å². The third-order valence-electron chi connectivity index (χ3n) is 5.26. The zero-order chi connectivity index (χ0) is 17.0. The molecule has 2 amide bonds. The fourth-order valence-electron chi connectivity index (χ4n) is 4.39. The maximum absolute atomic E-state index is 12.6. The standard InChI is InChI=1S/C16H25N3O4/c1-14(2,3)23-13(22)19-5-10(6-19)12(21)16-7-15(8-16,9-16)4-11(20)18-17/h10H,4-9,17H2,1-3H3,(H,18,20). The second-order valence-corrected chi connectivity index (χ2v) is 8.50. The monoisotopic (exact) mass is 323 g/mol. The molecule has 1 saturated heterocycles. The first-order chi connectivity index (χ1) is 10.6. The molecule has 4 aliphatic rings. The van der Waals surface area contributed by atoms with Crippen molar-refractivity contribution in [3.63, 3.8) is 0 Å². The minimum atomic E-state index is -0.518. The molecule has 0 aromatic rings. The van der Waals surface area contributed by atoms with Crippen molar-refractivity contribution in [3.05, 3.63) is 0 Å². The van der Waals surface area contributed by atoms with Crippen molar-refractivity contribution in [3.8, 4) is 0 Å². The number of carbonyl (C=O) groups excluding carboxylic acids is 3. The fourth-order valence-corrected chi connectivity index (χ4v) is 4.39. The van der Waals surface area contributed by atoms with E-state index in [-0.39, 0.29) is 34.5 Å². The highest BCUT2D eigenvalue weighted by Crippen LogP contribution is 2.75. The Balaban J connectivity index is 1.45. The molecular formula is C16H25N3O4. The molecule has 0 aromatic heterocycles. The van der Waals surface area contributed by atoms with E-state index in [0.29, 0.717) is 19.5 Å². The van der Waals surface area contributed by atoms with Crippen LogP contribution in [-0.4, -0.2) is 41.4 Å². The third kappa shape index (κ3) is 2.71. The van der Waals surface area contributed by atoms with Crippen LogP contribution < -0.4 is 11.3 Å². The van der Waals surface area contributed by atoms with Gasteiger partial charge in [0.05, 0.1) is 5.92 Å². The molecule has 4 rings (SSSR count). The summed E-state index contributed by atoms with van der Waals surface area (Å²) >= 11 is 0. The van der Waals surface area contributed by atoms with Crippen LogP contribution in [-0.2, 0) is 14.3 Å². The van der Waals surface area contributed by atoms with Gasteiger partial charge < -0.3 is 9.64 Å². The van der Waals surface area contributed by atoms with E-state index in [1.165, 1.54) is 0 Å². The van der Waals surface area contributed by atoms with Gasteiger partial charge in [-0.15, -0.1) is 0 Å². The van der Waals surface area contributed by atoms with Crippen LogP contribution >= 0.6 is 0 Å². The molecule has 128 valence electrons. The highest BCUT2D eigenvalue weighted by molar-refractivity contribution is 5.93. The predicted octanol–water partition coefficient (Wildman–Crippen LogP) is 0.973. The summed E-state index contributed by atoms with van der Waals surface area (Å²) < 4.78 is 5.30. The number of rotatable bonds is 4. The van der Waals surface area contributed by atoms with E-state index >= 15 is 0 Å². The number of nitrogens with two attached hydrogens (primary N) is 1. The molecule has 0 aromatic carbocycles. The Labute approximate surface area is 135 Å². The van der Waals surface area contributed by atoms with Gasteiger partial charge in [0.1, 0.15) is 11.4 Å². The highest BCUT2D eigenvalue weighted by atomic mass is 16.6. The summed E-state index contributed by atoms with van der Waals surface area (Å²) in [4.78, 5) is 37.5. The number of nitrogens with one attached hydrogen (secondary N) is 1. The molecule has 23 heavy (non-hydrogen) atoms. The lowest BCUT2D eigenvalue weighted by Gasteiger charge is -2.70. The van der Waals surface area contributed by atoms with Crippen LogP contribution in [0.1, 0.15) is 46.5 Å². The molecule has 3 saturated carbocycles. The van der Waals surface area contributed by atoms with E-state index in [1.54, 1.807) is 4.90 Å². The lowest BCUT2D eigenvalue weighted by atomic mass is 9.32. The third-order valence-corrected chi connectivity index (χ3v) is 5.26. The number of nitrogens with zero attached hydrogens (tertiary/aromatic N) is 1. The molecule has 1 aliphatic heterocycles. The summed E-state index contributed by atoms with van der Waals surface area (Å²) in [6.45, 7) is 6.38. The molecule has 7 heteroatoms. The van der Waals surface area contributed by atoms with Gasteiger partial charge >= 0.3 is 6.09 Å². The van der Waals surface area contributed by atoms with Gasteiger partial charge in [-0.25, -0.2) is 10.6 Å². The minimum absolute atomic E-state index is 0.00624. The molecule has 3 N–H and O–H groups in total. The summed E-state index contributed by atoms with van der Waals surface area (Å²) in [6.07, 6.45) is 2.42. The van der Waals surface area contributed by atoms with Gasteiger partial charge in [0.25, 0.3) is 0 Å². The zero-order valence-electron chi connectivity index (χ0n) is 14.0. The number of amides is 2. The number of hydrazine groups is 1. The molecule has 0 radical (unpaired) electrons. The summed E-state index contributed by atoms with van der Waals surface area (Å²) in [7, 11) is 0. The van der Waals surface area contributed by atoms with Crippen molar-refractivity contribution in [1.29, 1.82) is 0 Å². The van der Waals surface area contributed by atoms with E-state index in [4.69, 9.17) is 10.6 Å². The second kappa shape index (κ2) is 4.93. The SMILES string of the molecule is CC(C)(C)OC(=O)N1CC(C(=O)C23CC(CC(=O)NN)(C2)C3)C1. The Kier molecular flexibility index (Phi) is 3.48. The maximum Gasteiger partial charge on any atom is 0.410 e. The number of hydrogen-bond donors (Lipinski definition) is 2. The molecule has 0 unspecified atom stereocenters. The van der Waals surface area contributed by atoms with Crippen LogP contribution in [0.4, 0.5) is 4.79 Å². The summed E-state index contributed by atoms with van der Waals surface area (Å²) in [6, 6.07) is 0. The molecular weight excluding hydrogens is 298 g/mol. The molecule has 2 bridgehead atoms. The molecule has 3 aliphatic carbocycles. The van der Waals surface area contributed by atoms with Gasteiger partial charge in [0, 0.05) is 24.9 Å². The van der Waals surface area contributed by atoms with Crippen molar-refractivity contribution >= 4 is 17.8 Å². The molecule has 4 fully saturated rings. The zero-order valence-corrected chi connectivity index (χ0v) is 14.0. The Morgan fingerprint density at radius 1 is 1.22 bits per heavy atom. The Hall–Kier alpha value is -1.63. The van der Waals surface area contributed by atoms with Gasteiger partial charge in [-0.1, -0.05) is 0 Å². The average Bonchev–Trinajstić information content (AvgIpc) is 2.26. The van der Waals surface area contributed by atoms with Crippen LogP contribution in [0.3, 0.4) is 0 Å². The van der Waals surface area contributed by atoms with E-state index in [9.17, 15) is 14.4 Å². The van der Waals surface area contributed by atoms with Gasteiger partial charge in [-0.2, -0.15) is 0 Å². The van der Waals surface area contributed by atoms with Gasteiger partial charge in [-0.3, -0.25) is 15.0 Å². The summed E-state index contributed by atoms with van der Waals surface area (Å²) in [5, 5.41) is 0. The van der Waals surface area contributed by atoms with Crippen LogP contribution in [0, 0.1) is 16.7 Å². The first-order valence-electron chi connectivity index (χ1n) is 8.10. The van der Waals surface area contributed by atoms with Crippen LogP contribution in [0.25, 0.3) is 0 Å². The maximum atomic E-state index is 12.6. The van der Waals surface area contributed by atoms with E-state index in [0.717, 1.165) is 19.3 Å². The van der Waals surface area contributed by atoms with Crippen molar-refractivity contribution < 1.29 is 19.1 Å². The van der Waals surface area contributed by atoms with Crippen molar-refractivity contribution in [2.45, 2.75) is 52.1 Å². The normalized spacial score (nSPS) is 32.3. The second-order valence-electron chi connectivity index (χ2n) is 8.50. The molecule has 7 nitrogen and oxygen atoms in total. The first kappa shape index (κ1) is 16.2. The van der Waals surface area contributed by atoms with Crippen molar-refractivity contribution in [1.82, 2.24) is 10.3 Å². The molecule has 1 heterocycles. The predicted molar refractivity (Wildman–Crippen MR) is 82.0 cm³/mol.